The van der Waals surface area contributed by atoms with Crippen molar-refractivity contribution in [3.8, 4) is 0 Å². The van der Waals surface area contributed by atoms with Crippen molar-refractivity contribution in [1.29, 1.82) is 0 Å². The number of hydrogen-bond donors (Lipinski definition) is 1. The van der Waals surface area contributed by atoms with Gasteiger partial charge >= 0.3 is 0 Å². The summed E-state index contributed by atoms with van der Waals surface area (Å²) in [6.45, 7) is 7.80. The second kappa shape index (κ2) is 8.98. The van der Waals surface area contributed by atoms with Crippen LogP contribution in [0.4, 0.5) is 11.5 Å². The average Bonchev–Trinajstić information content (AvgIpc) is 2.71. The fourth-order valence-electron chi connectivity index (χ4n) is 3.58. The lowest BCUT2D eigenvalue weighted by molar-refractivity contribution is 0.285. The van der Waals surface area contributed by atoms with E-state index in [1.165, 1.54) is 4.31 Å². The largest absolute Gasteiger partial charge is 0.339 e. The molecule has 0 unspecified atom stereocenters. The number of hydrogen-bond acceptors (Lipinski definition) is 5. The lowest BCUT2D eigenvalue weighted by atomic mass is 9.95. The van der Waals surface area contributed by atoms with Crippen molar-refractivity contribution >= 4 is 21.7 Å². The lowest BCUT2D eigenvalue weighted by Crippen LogP contribution is -2.47. The van der Waals surface area contributed by atoms with E-state index in [9.17, 15) is 8.42 Å². The highest BCUT2D eigenvalue weighted by Crippen LogP contribution is 2.29. The van der Waals surface area contributed by atoms with Crippen molar-refractivity contribution in [2.75, 3.05) is 31.5 Å². The Hall–Kier alpha value is -2.03. The highest BCUT2D eigenvalue weighted by Gasteiger charge is 2.33. The Morgan fingerprint density at radius 1 is 1.21 bits per heavy atom. The first-order valence-electron chi connectivity index (χ1n) is 9.85. The lowest BCUT2D eigenvalue weighted by Gasteiger charge is -2.34. The number of piperidine rings is 1. The third-order valence-corrected chi connectivity index (χ3v) is 7.37. The van der Waals surface area contributed by atoms with Crippen LogP contribution in [-0.4, -0.2) is 53.2 Å². The van der Waals surface area contributed by atoms with E-state index in [0.717, 1.165) is 35.6 Å². The Bertz CT molecular complexity index is 882. The zero-order valence-electron chi connectivity index (χ0n) is 16.8. The summed E-state index contributed by atoms with van der Waals surface area (Å²) in [6, 6.07) is 7.88. The van der Waals surface area contributed by atoms with Gasteiger partial charge in [0.05, 0.1) is 11.9 Å². The van der Waals surface area contributed by atoms with E-state index in [1.54, 1.807) is 16.7 Å². The van der Waals surface area contributed by atoms with Crippen LogP contribution >= 0.6 is 0 Å². The minimum Gasteiger partial charge on any atom is -0.339 e. The molecule has 0 saturated carbocycles. The van der Waals surface area contributed by atoms with Gasteiger partial charge in [-0.05, 0) is 43.5 Å². The zero-order valence-corrected chi connectivity index (χ0v) is 17.6. The van der Waals surface area contributed by atoms with Crippen molar-refractivity contribution in [3.63, 3.8) is 0 Å². The van der Waals surface area contributed by atoms with Crippen molar-refractivity contribution in [2.24, 2.45) is 0 Å². The van der Waals surface area contributed by atoms with Crippen molar-refractivity contribution in [2.45, 2.75) is 39.5 Å². The molecular weight excluding hydrogens is 374 g/mol. The Balaban J connectivity index is 1.71. The third-order valence-electron chi connectivity index (χ3n) is 5.22. The normalized spacial score (nSPS) is 18.4. The maximum absolute atomic E-state index is 12.8. The van der Waals surface area contributed by atoms with Crippen molar-refractivity contribution < 1.29 is 8.42 Å². The number of aromatic nitrogens is 2. The first kappa shape index (κ1) is 20.7. The van der Waals surface area contributed by atoms with Crippen LogP contribution in [0.15, 0.2) is 36.7 Å². The van der Waals surface area contributed by atoms with Gasteiger partial charge in [-0.25, -0.2) is 4.98 Å². The molecule has 0 radical (unpaired) electrons. The summed E-state index contributed by atoms with van der Waals surface area (Å²) >= 11 is 0. The van der Waals surface area contributed by atoms with Gasteiger partial charge in [0, 0.05) is 44.0 Å². The van der Waals surface area contributed by atoms with Gasteiger partial charge in [-0.3, -0.25) is 4.98 Å². The number of anilines is 2. The molecule has 152 valence electrons. The van der Waals surface area contributed by atoms with E-state index in [4.69, 9.17) is 0 Å². The van der Waals surface area contributed by atoms with Gasteiger partial charge < -0.3 is 5.32 Å². The fourth-order valence-corrected chi connectivity index (χ4v) is 5.29. The smallest absolute Gasteiger partial charge is 0.281 e. The third kappa shape index (κ3) is 4.51. The van der Waals surface area contributed by atoms with Crippen molar-refractivity contribution in [3.05, 3.63) is 47.9 Å². The Kier molecular flexibility index (Phi) is 6.64. The van der Waals surface area contributed by atoms with E-state index in [0.29, 0.717) is 26.2 Å². The molecule has 1 aliphatic rings. The number of nitrogens with one attached hydrogen (secondary N) is 1. The molecule has 28 heavy (non-hydrogen) atoms. The molecule has 1 aliphatic heterocycles. The SMILES string of the molecule is CCN(CC)S(=O)(=O)N1CCC[C@H](c2ccc(Nc3ncccc3C)cn2)C1. The molecule has 0 spiro atoms. The van der Waals surface area contributed by atoms with Gasteiger partial charge in [0.2, 0.25) is 0 Å². The van der Waals surface area contributed by atoms with Gasteiger partial charge in [0.1, 0.15) is 5.82 Å². The standard InChI is InChI=1S/C20H29N5O2S/c1-4-24(5-2)28(26,27)25-13-7-9-17(15-25)19-11-10-18(14-22-19)23-20-16(3)8-6-12-21-20/h6,8,10-12,14,17H,4-5,7,9,13,15H2,1-3H3,(H,21,23)/t17-/m0/s1. The van der Waals surface area contributed by atoms with Crippen LogP contribution in [0.1, 0.15) is 43.9 Å². The van der Waals surface area contributed by atoms with Crippen LogP contribution in [0.3, 0.4) is 0 Å². The maximum atomic E-state index is 12.8. The van der Waals surface area contributed by atoms with Crippen LogP contribution in [0.2, 0.25) is 0 Å². The van der Waals surface area contributed by atoms with Gasteiger partial charge in [-0.1, -0.05) is 19.9 Å². The van der Waals surface area contributed by atoms with Gasteiger partial charge in [0.25, 0.3) is 10.2 Å². The first-order valence-corrected chi connectivity index (χ1v) is 11.2. The van der Waals surface area contributed by atoms with Gasteiger partial charge in [0.15, 0.2) is 0 Å². The molecule has 3 heterocycles. The van der Waals surface area contributed by atoms with Crippen molar-refractivity contribution in [1.82, 2.24) is 18.6 Å². The Labute approximate surface area is 168 Å². The van der Waals surface area contributed by atoms with E-state index < -0.39 is 10.2 Å². The van der Waals surface area contributed by atoms with Crippen LogP contribution in [0, 0.1) is 6.92 Å². The second-order valence-corrected chi connectivity index (χ2v) is 8.98. The number of pyridine rings is 2. The summed E-state index contributed by atoms with van der Waals surface area (Å²) in [6.07, 6.45) is 5.34. The minimum atomic E-state index is -3.40. The molecule has 2 aromatic rings. The minimum absolute atomic E-state index is 0.115. The number of nitrogens with zero attached hydrogens (tertiary/aromatic N) is 4. The average molecular weight is 404 g/mol. The predicted molar refractivity (Wildman–Crippen MR) is 112 cm³/mol. The number of rotatable bonds is 7. The van der Waals surface area contributed by atoms with E-state index in [2.05, 4.69) is 15.3 Å². The summed E-state index contributed by atoms with van der Waals surface area (Å²) in [5.74, 6) is 0.927. The van der Waals surface area contributed by atoms with Crippen LogP contribution in [0.25, 0.3) is 0 Å². The monoisotopic (exact) mass is 403 g/mol. The molecule has 0 aliphatic carbocycles. The molecule has 0 aromatic carbocycles. The highest BCUT2D eigenvalue weighted by molar-refractivity contribution is 7.86. The molecule has 8 heteroatoms. The first-order chi connectivity index (χ1) is 13.5. The fraction of sp³-hybridized carbons (Fsp3) is 0.500. The summed E-state index contributed by atoms with van der Waals surface area (Å²) < 4.78 is 28.8. The van der Waals surface area contributed by atoms with E-state index in [-0.39, 0.29) is 5.92 Å². The van der Waals surface area contributed by atoms with E-state index >= 15 is 0 Å². The quantitative estimate of drug-likeness (QED) is 0.767. The molecule has 1 atom stereocenters. The zero-order chi connectivity index (χ0) is 20.1. The summed E-state index contributed by atoms with van der Waals surface area (Å²) in [7, 11) is -3.40. The van der Waals surface area contributed by atoms with E-state index in [1.807, 2.05) is 45.0 Å². The van der Waals surface area contributed by atoms with Gasteiger partial charge in [-0.15, -0.1) is 0 Å². The van der Waals surface area contributed by atoms with Gasteiger partial charge in [-0.2, -0.15) is 17.0 Å². The second-order valence-electron chi connectivity index (χ2n) is 7.05. The molecule has 0 bridgehead atoms. The molecule has 1 saturated heterocycles. The molecule has 7 nitrogen and oxygen atoms in total. The maximum Gasteiger partial charge on any atom is 0.281 e. The topological polar surface area (TPSA) is 78.4 Å². The molecule has 3 rings (SSSR count). The summed E-state index contributed by atoms with van der Waals surface area (Å²) in [5, 5.41) is 3.28. The summed E-state index contributed by atoms with van der Waals surface area (Å²) in [5.41, 5.74) is 2.87. The highest BCUT2D eigenvalue weighted by atomic mass is 32.2. The predicted octanol–water partition coefficient (Wildman–Crippen LogP) is 3.29. The van der Waals surface area contributed by atoms with Crippen LogP contribution in [-0.2, 0) is 10.2 Å². The number of aryl methyl sites for hydroxylation is 1. The Morgan fingerprint density at radius 2 is 2.00 bits per heavy atom. The molecule has 1 fully saturated rings. The van der Waals surface area contributed by atoms with Crippen LogP contribution in [0.5, 0.6) is 0 Å². The molecule has 0 amide bonds. The Morgan fingerprint density at radius 3 is 2.64 bits per heavy atom. The summed E-state index contributed by atoms with van der Waals surface area (Å²) in [4.78, 5) is 8.94. The molecule has 1 N–H and O–H groups in total. The van der Waals surface area contributed by atoms with Crippen LogP contribution < -0.4 is 5.32 Å². The molecule has 2 aromatic heterocycles. The molecular formula is C20H29N5O2S.